The Morgan fingerprint density at radius 3 is 2.62 bits per heavy atom. The van der Waals surface area contributed by atoms with Gasteiger partial charge in [-0.2, -0.15) is 0 Å². The number of amides is 1. The van der Waals surface area contributed by atoms with Gasteiger partial charge in [-0.15, -0.1) is 0 Å². The molecule has 1 aromatic carbocycles. The standard InChI is InChI=1S/C16H25N3O2/c1-13(2)11-18-6-8-19(9-7-18)16(20)12-21-15-5-3-4-14(17)10-15/h3-5,10,13H,6-9,11-12,17H2,1-2H3. The summed E-state index contributed by atoms with van der Waals surface area (Å²) in [5, 5.41) is 0. The van der Waals surface area contributed by atoms with E-state index in [1.54, 1.807) is 12.1 Å². The molecule has 0 radical (unpaired) electrons. The van der Waals surface area contributed by atoms with Crippen molar-refractivity contribution in [1.82, 2.24) is 9.80 Å². The van der Waals surface area contributed by atoms with Crippen molar-refractivity contribution in [3.8, 4) is 5.75 Å². The summed E-state index contributed by atoms with van der Waals surface area (Å²) in [4.78, 5) is 16.4. The molecule has 0 spiro atoms. The molecular formula is C16H25N3O2. The SMILES string of the molecule is CC(C)CN1CCN(C(=O)COc2cccc(N)c2)CC1. The summed E-state index contributed by atoms with van der Waals surface area (Å²) in [7, 11) is 0. The quantitative estimate of drug-likeness (QED) is 0.834. The molecule has 0 aromatic heterocycles. The lowest BCUT2D eigenvalue weighted by Gasteiger charge is -2.35. The van der Waals surface area contributed by atoms with E-state index in [1.807, 2.05) is 17.0 Å². The second-order valence-electron chi connectivity index (χ2n) is 5.94. The fraction of sp³-hybridized carbons (Fsp3) is 0.562. The van der Waals surface area contributed by atoms with E-state index in [1.165, 1.54) is 0 Å². The Bertz CT molecular complexity index is 468. The molecule has 1 aliphatic heterocycles. The molecule has 5 heteroatoms. The number of nitrogens with zero attached hydrogens (tertiary/aromatic N) is 2. The van der Waals surface area contributed by atoms with Gasteiger partial charge >= 0.3 is 0 Å². The molecule has 1 aromatic rings. The van der Waals surface area contributed by atoms with Crippen molar-refractivity contribution in [3.05, 3.63) is 24.3 Å². The lowest BCUT2D eigenvalue weighted by molar-refractivity contribution is -0.135. The van der Waals surface area contributed by atoms with Gasteiger partial charge in [0.25, 0.3) is 5.91 Å². The monoisotopic (exact) mass is 291 g/mol. The van der Waals surface area contributed by atoms with Gasteiger partial charge in [-0.3, -0.25) is 9.69 Å². The van der Waals surface area contributed by atoms with Gasteiger partial charge in [-0.25, -0.2) is 0 Å². The maximum atomic E-state index is 12.1. The van der Waals surface area contributed by atoms with Crippen LogP contribution in [0.25, 0.3) is 0 Å². The van der Waals surface area contributed by atoms with Crippen LogP contribution in [0.1, 0.15) is 13.8 Å². The number of carbonyl (C=O) groups excluding carboxylic acids is 1. The van der Waals surface area contributed by atoms with Gasteiger partial charge in [-0.05, 0) is 18.1 Å². The number of hydrogen-bond donors (Lipinski definition) is 1. The summed E-state index contributed by atoms with van der Waals surface area (Å²) in [5.41, 5.74) is 6.32. The fourth-order valence-electron chi connectivity index (χ4n) is 2.54. The molecule has 2 N–H and O–H groups in total. The number of hydrogen-bond acceptors (Lipinski definition) is 4. The predicted octanol–water partition coefficient (Wildman–Crippen LogP) is 1.45. The Balaban J connectivity index is 1.75. The Hall–Kier alpha value is -1.75. The third-order valence-electron chi connectivity index (χ3n) is 3.57. The van der Waals surface area contributed by atoms with E-state index in [2.05, 4.69) is 18.7 Å². The molecule has 1 fully saturated rings. The van der Waals surface area contributed by atoms with E-state index in [-0.39, 0.29) is 12.5 Å². The normalized spacial score (nSPS) is 16.2. The van der Waals surface area contributed by atoms with Crippen molar-refractivity contribution in [3.63, 3.8) is 0 Å². The van der Waals surface area contributed by atoms with Crippen LogP contribution < -0.4 is 10.5 Å². The smallest absolute Gasteiger partial charge is 0.260 e. The van der Waals surface area contributed by atoms with Crippen LogP contribution in [0.3, 0.4) is 0 Å². The zero-order chi connectivity index (χ0) is 15.2. The zero-order valence-electron chi connectivity index (χ0n) is 12.9. The maximum absolute atomic E-state index is 12.1. The van der Waals surface area contributed by atoms with Gasteiger partial charge in [0, 0.05) is 44.5 Å². The van der Waals surface area contributed by atoms with Gasteiger partial charge in [0.15, 0.2) is 6.61 Å². The molecule has 0 bridgehead atoms. The highest BCUT2D eigenvalue weighted by Crippen LogP contribution is 2.14. The van der Waals surface area contributed by atoms with Crippen molar-refractivity contribution < 1.29 is 9.53 Å². The van der Waals surface area contributed by atoms with Crippen molar-refractivity contribution in [1.29, 1.82) is 0 Å². The third kappa shape index (κ3) is 4.93. The summed E-state index contributed by atoms with van der Waals surface area (Å²) in [6.45, 7) is 9.07. The van der Waals surface area contributed by atoms with Gasteiger partial charge in [-0.1, -0.05) is 19.9 Å². The van der Waals surface area contributed by atoms with Crippen LogP contribution in [-0.4, -0.2) is 55.0 Å². The number of ether oxygens (including phenoxy) is 1. The minimum absolute atomic E-state index is 0.0432. The number of rotatable bonds is 5. The minimum Gasteiger partial charge on any atom is -0.484 e. The van der Waals surface area contributed by atoms with E-state index in [9.17, 15) is 4.79 Å². The molecule has 0 unspecified atom stereocenters. The van der Waals surface area contributed by atoms with Crippen molar-refractivity contribution in [2.75, 3.05) is 45.1 Å². The first-order valence-electron chi connectivity index (χ1n) is 7.53. The van der Waals surface area contributed by atoms with E-state index in [0.29, 0.717) is 17.4 Å². The lowest BCUT2D eigenvalue weighted by atomic mass is 10.2. The molecule has 0 aliphatic carbocycles. The zero-order valence-corrected chi connectivity index (χ0v) is 12.9. The molecule has 5 nitrogen and oxygen atoms in total. The number of piperazine rings is 1. The topological polar surface area (TPSA) is 58.8 Å². The van der Waals surface area contributed by atoms with Crippen molar-refractivity contribution >= 4 is 11.6 Å². The van der Waals surface area contributed by atoms with E-state index >= 15 is 0 Å². The molecule has 2 rings (SSSR count). The van der Waals surface area contributed by atoms with Gasteiger partial charge in [0.2, 0.25) is 0 Å². The first-order valence-corrected chi connectivity index (χ1v) is 7.53. The highest BCUT2D eigenvalue weighted by Gasteiger charge is 2.21. The molecule has 116 valence electrons. The highest BCUT2D eigenvalue weighted by atomic mass is 16.5. The number of nitrogen functional groups attached to an aromatic ring is 1. The van der Waals surface area contributed by atoms with Gasteiger partial charge in [0.05, 0.1) is 0 Å². The largest absolute Gasteiger partial charge is 0.484 e. The van der Waals surface area contributed by atoms with E-state index in [4.69, 9.17) is 10.5 Å². The third-order valence-corrected chi connectivity index (χ3v) is 3.57. The summed E-state index contributed by atoms with van der Waals surface area (Å²) < 4.78 is 5.51. The summed E-state index contributed by atoms with van der Waals surface area (Å²) in [5.74, 6) is 1.35. The van der Waals surface area contributed by atoms with Crippen molar-refractivity contribution in [2.45, 2.75) is 13.8 Å². The minimum atomic E-state index is 0.0432. The Kier molecular flexibility index (Phi) is 5.44. The average molecular weight is 291 g/mol. The van der Waals surface area contributed by atoms with Crippen molar-refractivity contribution in [2.24, 2.45) is 5.92 Å². The maximum Gasteiger partial charge on any atom is 0.260 e. The van der Waals surface area contributed by atoms with Crippen LogP contribution in [0.15, 0.2) is 24.3 Å². The summed E-state index contributed by atoms with van der Waals surface area (Å²) in [6.07, 6.45) is 0. The molecule has 1 heterocycles. The second-order valence-corrected chi connectivity index (χ2v) is 5.94. The first kappa shape index (κ1) is 15.6. The number of nitrogens with two attached hydrogens (primary N) is 1. The molecule has 1 amide bonds. The Morgan fingerprint density at radius 1 is 1.29 bits per heavy atom. The van der Waals surface area contributed by atoms with Crippen LogP contribution >= 0.6 is 0 Å². The lowest BCUT2D eigenvalue weighted by Crippen LogP contribution is -2.50. The molecular weight excluding hydrogens is 266 g/mol. The second kappa shape index (κ2) is 7.31. The average Bonchev–Trinajstić information content (AvgIpc) is 2.45. The molecule has 0 atom stereocenters. The number of benzene rings is 1. The van der Waals surface area contributed by atoms with Crippen LogP contribution in [-0.2, 0) is 4.79 Å². The molecule has 21 heavy (non-hydrogen) atoms. The summed E-state index contributed by atoms with van der Waals surface area (Å²) in [6, 6.07) is 7.15. The molecule has 0 saturated carbocycles. The molecule has 1 aliphatic rings. The number of anilines is 1. The number of carbonyl (C=O) groups is 1. The van der Waals surface area contributed by atoms with Gasteiger partial charge in [0.1, 0.15) is 5.75 Å². The van der Waals surface area contributed by atoms with E-state index in [0.717, 1.165) is 32.7 Å². The summed E-state index contributed by atoms with van der Waals surface area (Å²) >= 11 is 0. The first-order chi connectivity index (χ1) is 10.0. The highest BCUT2D eigenvalue weighted by molar-refractivity contribution is 5.77. The van der Waals surface area contributed by atoms with Crippen LogP contribution in [0, 0.1) is 5.92 Å². The fourth-order valence-corrected chi connectivity index (χ4v) is 2.54. The van der Waals surface area contributed by atoms with Gasteiger partial charge < -0.3 is 15.4 Å². The Labute approximate surface area is 126 Å². The van der Waals surface area contributed by atoms with Crippen LogP contribution in [0.2, 0.25) is 0 Å². The predicted molar refractivity (Wildman–Crippen MR) is 84.2 cm³/mol. The van der Waals surface area contributed by atoms with E-state index < -0.39 is 0 Å². The van der Waals surface area contributed by atoms with Crippen LogP contribution in [0.4, 0.5) is 5.69 Å². The Morgan fingerprint density at radius 2 is 2.00 bits per heavy atom. The molecule has 1 saturated heterocycles. The van der Waals surface area contributed by atoms with Crippen LogP contribution in [0.5, 0.6) is 5.75 Å².